The van der Waals surface area contributed by atoms with E-state index < -0.39 is 0 Å². The highest BCUT2D eigenvalue weighted by atomic mass is 32.2. The summed E-state index contributed by atoms with van der Waals surface area (Å²) in [4.78, 5) is 43.4. The molecule has 0 saturated carbocycles. The number of hydrogen-bond donors (Lipinski definition) is 1. The SMILES string of the molecule is Cc1ccc(CN2C(=O)/C(=C3/C(=O)N(CC(=O)Nc4ccc(C)cc4C)c4ccccc43)SC2=S)cc1. The summed E-state index contributed by atoms with van der Waals surface area (Å²) < 4.78 is 0.407. The van der Waals surface area contributed by atoms with Gasteiger partial charge in [0.2, 0.25) is 5.91 Å². The first-order valence-corrected chi connectivity index (χ1v) is 13.1. The van der Waals surface area contributed by atoms with E-state index in [0.29, 0.717) is 38.3 Å². The normalized spacial score (nSPS) is 17.0. The Balaban J connectivity index is 1.42. The van der Waals surface area contributed by atoms with Gasteiger partial charge in [0.1, 0.15) is 10.9 Å². The molecule has 2 heterocycles. The van der Waals surface area contributed by atoms with Gasteiger partial charge in [0.05, 0.1) is 22.7 Å². The van der Waals surface area contributed by atoms with Crippen molar-refractivity contribution in [2.45, 2.75) is 27.3 Å². The number of aryl methyl sites for hydroxylation is 3. The van der Waals surface area contributed by atoms with Crippen molar-refractivity contribution >= 4 is 63.0 Å². The Bertz CT molecular complexity index is 1490. The number of thioether (sulfide) groups is 1. The lowest BCUT2D eigenvalue weighted by Crippen LogP contribution is -2.35. The Morgan fingerprint density at radius 1 is 0.892 bits per heavy atom. The number of rotatable bonds is 5. The van der Waals surface area contributed by atoms with Crippen molar-refractivity contribution < 1.29 is 14.4 Å². The third-order valence-corrected chi connectivity index (χ3v) is 7.87. The van der Waals surface area contributed by atoms with Gasteiger partial charge in [0.25, 0.3) is 11.8 Å². The molecule has 0 aromatic heterocycles. The van der Waals surface area contributed by atoms with Gasteiger partial charge in [-0.2, -0.15) is 0 Å². The Morgan fingerprint density at radius 2 is 1.59 bits per heavy atom. The van der Waals surface area contributed by atoms with Crippen molar-refractivity contribution in [1.29, 1.82) is 0 Å². The summed E-state index contributed by atoms with van der Waals surface area (Å²) in [6.07, 6.45) is 0. The highest BCUT2D eigenvalue weighted by Gasteiger charge is 2.42. The van der Waals surface area contributed by atoms with Crippen molar-refractivity contribution in [2.75, 3.05) is 16.8 Å². The summed E-state index contributed by atoms with van der Waals surface area (Å²) in [5.41, 5.74) is 6.35. The predicted molar refractivity (Wildman–Crippen MR) is 152 cm³/mol. The van der Waals surface area contributed by atoms with E-state index in [4.69, 9.17) is 12.2 Å². The van der Waals surface area contributed by atoms with E-state index in [0.717, 1.165) is 34.0 Å². The van der Waals surface area contributed by atoms with Crippen LogP contribution in [-0.4, -0.2) is 33.5 Å². The van der Waals surface area contributed by atoms with Crippen molar-refractivity contribution in [1.82, 2.24) is 4.90 Å². The van der Waals surface area contributed by atoms with Gasteiger partial charge >= 0.3 is 0 Å². The molecule has 0 atom stereocenters. The molecule has 0 bridgehead atoms. The monoisotopic (exact) mass is 527 g/mol. The smallest absolute Gasteiger partial charge is 0.267 e. The number of carbonyl (C=O) groups is 3. The molecule has 3 aromatic carbocycles. The molecule has 186 valence electrons. The zero-order valence-corrected chi connectivity index (χ0v) is 22.3. The molecule has 3 amide bonds. The molecule has 37 heavy (non-hydrogen) atoms. The molecule has 0 aliphatic carbocycles. The fourth-order valence-corrected chi connectivity index (χ4v) is 5.83. The maximum absolute atomic E-state index is 13.7. The summed E-state index contributed by atoms with van der Waals surface area (Å²) in [5, 5.41) is 2.90. The Morgan fingerprint density at radius 3 is 2.32 bits per heavy atom. The molecule has 1 saturated heterocycles. The molecule has 2 aliphatic heterocycles. The van der Waals surface area contributed by atoms with Crippen LogP contribution >= 0.6 is 24.0 Å². The topological polar surface area (TPSA) is 69.7 Å². The third kappa shape index (κ3) is 4.82. The first kappa shape index (κ1) is 24.9. The van der Waals surface area contributed by atoms with E-state index in [2.05, 4.69) is 5.32 Å². The summed E-state index contributed by atoms with van der Waals surface area (Å²) in [6.45, 7) is 6.08. The zero-order valence-electron chi connectivity index (χ0n) is 20.7. The van der Waals surface area contributed by atoms with Gasteiger partial charge in [-0.1, -0.05) is 89.7 Å². The van der Waals surface area contributed by atoms with Gasteiger partial charge in [-0.3, -0.25) is 24.2 Å². The zero-order chi connectivity index (χ0) is 26.3. The largest absolute Gasteiger partial charge is 0.324 e. The second-order valence-corrected chi connectivity index (χ2v) is 10.9. The summed E-state index contributed by atoms with van der Waals surface area (Å²) in [5.74, 6) is -0.994. The molecule has 3 aromatic rings. The number of fused-ring (bicyclic) bond motifs is 1. The van der Waals surface area contributed by atoms with Gasteiger partial charge in [-0.05, 0) is 44.0 Å². The van der Waals surface area contributed by atoms with Crippen LogP contribution in [0.15, 0.2) is 71.6 Å². The number of thiocarbonyl (C=S) groups is 1. The average Bonchev–Trinajstić information content (AvgIpc) is 3.29. The molecule has 2 aliphatic rings. The van der Waals surface area contributed by atoms with E-state index >= 15 is 0 Å². The number of anilines is 2. The molecule has 0 radical (unpaired) electrons. The molecule has 0 unspecified atom stereocenters. The first-order valence-electron chi connectivity index (χ1n) is 11.8. The lowest BCUT2D eigenvalue weighted by molar-refractivity contribution is -0.122. The van der Waals surface area contributed by atoms with E-state index in [9.17, 15) is 14.4 Å². The number of hydrogen-bond acceptors (Lipinski definition) is 5. The Hall–Kier alpha value is -3.75. The van der Waals surface area contributed by atoms with Crippen LogP contribution in [0, 0.1) is 20.8 Å². The molecule has 1 N–H and O–H groups in total. The van der Waals surface area contributed by atoms with Gasteiger partial charge < -0.3 is 5.32 Å². The number of benzene rings is 3. The van der Waals surface area contributed by atoms with Crippen LogP contribution < -0.4 is 10.2 Å². The summed E-state index contributed by atoms with van der Waals surface area (Å²) in [6, 6.07) is 20.9. The number of nitrogens with zero attached hydrogens (tertiary/aromatic N) is 2. The third-order valence-electron chi connectivity index (χ3n) is 6.42. The van der Waals surface area contributed by atoms with E-state index in [1.807, 2.05) is 75.4 Å². The predicted octanol–water partition coefficient (Wildman–Crippen LogP) is 5.37. The van der Waals surface area contributed by atoms with Crippen LogP contribution in [-0.2, 0) is 20.9 Å². The highest BCUT2D eigenvalue weighted by molar-refractivity contribution is 8.26. The molecular formula is C29H25N3O3S2. The lowest BCUT2D eigenvalue weighted by atomic mass is 10.1. The second kappa shape index (κ2) is 9.95. The minimum Gasteiger partial charge on any atom is -0.324 e. The fourth-order valence-electron chi connectivity index (χ4n) is 4.51. The molecular weight excluding hydrogens is 502 g/mol. The summed E-state index contributed by atoms with van der Waals surface area (Å²) in [7, 11) is 0. The van der Waals surface area contributed by atoms with Crippen LogP contribution in [0.2, 0.25) is 0 Å². The number of nitrogens with one attached hydrogen (secondary N) is 1. The standard InChI is InChI=1S/C29H25N3O3S2/c1-17-8-11-20(12-9-17)15-32-28(35)26(37-29(32)36)25-21-6-4-5-7-23(21)31(27(25)34)16-24(33)30-22-13-10-18(2)14-19(22)3/h4-14H,15-16H2,1-3H3,(H,30,33)/b26-25-. The Kier molecular flexibility index (Phi) is 6.70. The van der Waals surface area contributed by atoms with Crippen LogP contribution in [0.4, 0.5) is 11.4 Å². The molecule has 0 spiro atoms. The minimum absolute atomic E-state index is 0.170. The van der Waals surface area contributed by atoms with Crippen molar-refractivity contribution in [3.8, 4) is 0 Å². The van der Waals surface area contributed by atoms with E-state index in [-0.39, 0.29) is 24.3 Å². The minimum atomic E-state index is -0.382. The quantitative estimate of drug-likeness (QED) is 0.357. The maximum Gasteiger partial charge on any atom is 0.267 e. The highest BCUT2D eigenvalue weighted by Crippen LogP contribution is 2.44. The van der Waals surface area contributed by atoms with Crippen molar-refractivity contribution in [2.24, 2.45) is 0 Å². The van der Waals surface area contributed by atoms with E-state index in [1.54, 1.807) is 12.1 Å². The fraction of sp³-hybridized carbons (Fsp3) is 0.172. The number of carbonyl (C=O) groups excluding carboxylic acids is 3. The average molecular weight is 528 g/mol. The van der Waals surface area contributed by atoms with Crippen molar-refractivity contribution in [3.63, 3.8) is 0 Å². The maximum atomic E-state index is 13.7. The van der Waals surface area contributed by atoms with Crippen LogP contribution in [0.3, 0.4) is 0 Å². The first-order chi connectivity index (χ1) is 17.7. The Labute approximate surface area is 225 Å². The second-order valence-electron chi connectivity index (χ2n) is 9.22. The van der Waals surface area contributed by atoms with Crippen LogP contribution in [0.25, 0.3) is 5.57 Å². The molecule has 8 heteroatoms. The lowest BCUT2D eigenvalue weighted by Gasteiger charge is -2.17. The van der Waals surface area contributed by atoms with Crippen molar-refractivity contribution in [3.05, 3.63) is 99.5 Å². The molecule has 1 fully saturated rings. The van der Waals surface area contributed by atoms with Gasteiger partial charge in [0.15, 0.2) is 0 Å². The van der Waals surface area contributed by atoms with Crippen LogP contribution in [0.1, 0.15) is 27.8 Å². The van der Waals surface area contributed by atoms with Gasteiger partial charge in [-0.15, -0.1) is 0 Å². The van der Waals surface area contributed by atoms with Gasteiger partial charge in [0, 0.05) is 11.3 Å². The molecule has 6 nitrogen and oxygen atoms in total. The number of para-hydroxylation sites is 1. The molecule has 5 rings (SSSR count). The van der Waals surface area contributed by atoms with E-state index in [1.165, 1.54) is 9.80 Å². The number of amides is 3. The van der Waals surface area contributed by atoms with Crippen LogP contribution in [0.5, 0.6) is 0 Å². The summed E-state index contributed by atoms with van der Waals surface area (Å²) >= 11 is 6.67. The van der Waals surface area contributed by atoms with Gasteiger partial charge in [-0.25, -0.2) is 0 Å².